The fraction of sp³-hybridized carbons (Fsp3) is 0.625. The van der Waals surface area contributed by atoms with E-state index in [1.807, 2.05) is 0 Å². The van der Waals surface area contributed by atoms with Crippen molar-refractivity contribution < 1.29 is 4.74 Å². The van der Waals surface area contributed by atoms with Crippen LogP contribution in [0, 0.1) is 6.92 Å². The Balaban J connectivity index is 2.54. The molecule has 2 heteroatoms. The highest BCUT2D eigenvalue weighted by Gasteiger charge is 2.11. The predicted octanol–water partition coefficient (Wildman–Crippen LogP) is 3.33. The zero-order valence-electron chi connectivity index (χ0n) is 12.2. The first-order chi connectivity index (χ1) is 8.67. The van der Waals surface area contributed by atoms with Crippen molar-refractivity contribution >= 4 is 0 Å². The summed E-state index contributed by atoms with van der Waals surface area (Å²) >= 11 is 0. The van der Waals surface area contributed by atoms with E-state index in [0.717, 1.165) is 25.8 Å². The molecule has 0 heterocycles. The lowest BCUT2D eigenvalue weighted by Gasteiger charge is -2.20. The van der Waals surface area contributed by atoms with E-state index >= 15 is 0 Å². The molecular formula is C16H27NO. The molecule has 1 rings (SSSR count). The summed E-state index contributed by atoms with van der Waals surface area (Å²) < 4.78 is 5.32. The minimum Gasteiger partial charge on any atom is -0.382 e. The monoisotopic (exact) mass is 249 g/mol. The third-order valence-corrected chi connectivity index (χ3v) is 3.54. The first-order valence-electron chi connectivity index (χ1n) is 6.98. The van der Waals surface area contributed by atoms with E-state index in [0.29, 0.717) is 12.1 Å². The van der Waals surface area contributed by atoms with Crippen molar-refractivity contribution in [2.24, 2.45) is 0 Å². The average molecular weight is 249 g/mol. The summed E-state index contributed by atoms with van der Waals surface area (Å²) in [4.78, 5) is 0. The van der Waals surface area contributed by atoms with Crippen LogP contribution < -0.4 is 5.32 Å². The molecule has 2 atom stereocenters. The molecule has 0 radical (unpaired) electrons. The van der Waals surface area contributed by atoms with Crippen LogP contribution in [-0.2, 0) is 11.2 Å². The van der Waals surface area contributed by atoms with E-state index in [9.17, 15) is 0 Å². The summed E-state index contributed by atoms with van der Waals surface area (Å²) in [5.74, 6) is 0. The maximum atomic E-state index is 5.32. The minimum absolute atomic E-state index is 0.350. The molecule has 2 nitrogen and oxygen atoms in total. The Morgan fingerprint density at radius 3 is 2.56 bits per heavy atom. The van der Waals surface area contributed by atoms with Crippen molar-refractivity contribution in [3.8, 4) is 0 Å². The van der Waals surface area contributed by atoms with Crippen LogP contribution in [0.25, 0.3) is 0 Å². The van der Waals surface area contributed by atoms with Crippen LogP contribution in [0.15, 0.2) is 24.3 Å². The third kappa shape index (κ3) is 5.19. The Kier molecular flexibility index (Phi) is 6.99. The van der Waals surface area contributed by atoms with Crippen LogP contribution in [0.3, 0.4) is 0 Å². The summed E-state index contributed by atoms with van der Waals surface area (Å²) in [6, 6.07) is 9.21. The smallest absolute Gasteiger partial charge is 0.0543 e. The maximum Gasteiger partial charge on any atom is 0.0543 e. The molecule has 0 spiro atoms. The van der Waals surface area contributed by atoms with Gasteiger partial charge in [-0.25, -0.2) is 0 Å². The lowest BCUT2D eigenvalue weighted by molar-refractivity contribution is 0.106. The molecule has 1 N–H and O–H groups in total. The van der Waals surface area contributed by atoms with Gasteiger partial charge in [-0.1, -0.05) is 31.2 Å². The second-order valence-corrected chi connectivity index (χ2v) is 5.01. The number of methoxy groups -OCH3 is 1. The van der Waals surface area contributed by atoms with Crippen molar-refractivity contribution in [2.45, 2.75) is 52.2 Å². The van der Waals surface area contributed by atoms with Crippen molar-refractivity contribution in [3.05, 3.63) is 35.4 Å². The SMILES string of the molecule is CCNC(CCC(C)OC)Cc1ccccc1C. The van der Waals surface area contributed by atoms with Gasteiger partial charge in [-0.15, -0.1) is 0 Å². The van der Waals surface area contributed by atoms with Gasteiger partial charge < -0.3 is 10.1 Å². The molecule has 0 fully saturated rings. The summed E-state index contributed by atoms with van der Waals surface area (Å²) in [5.41, 5.74) is 2.84. The molecule has 1 aromatic carbocycles. The fourth-order valence-corrected chi connectivity index (χ4v) is 2.22. The molecule has 0 saturated carbocycles. The van der Waals surface area contributed by atoms with E-state index in [4.69, 9.17) is 4.74 Å². The molecule has 0 bridgehead atoms. The maximum absolute atomic E-state index is 5.32. The molecule has 0 aromatic heterocycles. The van der Waals surface area contributed by atoms with Gasteiger partial charge in [0, 0.05) is 13.2 Å². The van der Waals surface area contributed by atoms with Crippen LogP contribution in [-0.4, -0.2) is 25.8 Å². The minimum atomic E-state index is 0.350. The predicted molar refractivity (Wildman–Crippen MR) is 78.1 cm³/mol. The molecule has 18 heavy (non-hydrogen) atoms. The third-order valence-electron chi connectivity index (χ3n) is 3.54. The van der Waals surface area contributed by atoms with E-state index in [-0.39, 0.29) is 0 Å². The van der Waals surface area contributed by atoms with Gasteiger partial charge in [0.05, 0.1) is 6.10 Å². The van der Waals surface area contributed by atoms with Crippen molar-refractivity contribution in [3.63, 3.8) is 0 Å². The second-order valence-electron chi connectivity index (χ2n) is 5.01. The highest BCUT2D eigenvalue weighted by atomic mass is 16.5. The Hall–Kier alpha value is -0.860. The van der Waals surface area contributed by atoms with E-state index in [1.54, 1.807) is 7.11 Å². The lowest BCUT2D eigenvalue weighted by Crippen LogP contribution is -2.32. The Morgan fingerprint density at radius 1 is 1.22 bits per heavy atom. The molecule has 0 aliphatic rings. The van der Waals surface area contributed by atoms with Gasteiger partial charge in [0.1, 0.15) is 0 Å². The van der Waals surface area contributed by atoms with Gasteiger partial charge >= 0.3 is 0 Å². The van der Waals surface area contributed by atoms with Gasteiger partial charge in [-0.2, -0.15) is 0 Å². The van der Waals surface area contributed by atoms with Crippen molar-refractivity contribution in [1.29, 1.82) is 0 Å². The Labute approximate surface area is 112 Å². The van der Waals surface area contributed by atoms with Crippen LogP contribution in [0.1, 0.15) is 37.8 Å². The standard InChI is InChI=1S/C16H27NO/c1-5-17-16(11-10-14(3)18-4)12-15-9-7-6-8-13(15)2/h6-9,14,16-17H,5,10-12H2,1-4H3. The van der Waals surface area contributed by atoms with E-state index < -0.39 is 0 Å². The Morgan fingerprint density at radius 2 is 1.94 bits per heavy atom. The van der Waals surface area contributed by atoms with E-state index in [1.165, 1.54) is 11.1 Å². The first-order valence-corrected chi connectivity index (χ1v) is 6.98. The molecule has 0 saturated heterocycles. The average Bonchev–Trinajstić information content (AvgIpc) is 2.38. The normalized spacial score (nSPS) is 14.4. The van der Waals surface area contributed by atoms with Crippen LogP contribution in [0.4, 0.5) is 0 Å². The van der Waals surface area contributed by atoms with Gasteiger partial charge in [-0.3, -0.25) is 0 Å². The van der Waals surface area contributed by atoms with Crippen molar-refractivity contribution in [1.82, 2.24) is 5.32 Å². The molecule has 0 amide bonds. The lowest BCUT2D eigenvalue weighted by atomic mass is 9.97. The zero-order chi connectivity index (χ0) is 13.4. The van der Waals surface area contributed by atoms with Gasteiger partial charge in [0.2, 0.25) is 0 Å². The summed E-state index contributed by atoms with van der Waals surface area (Å²) in [7, 11) is 1.79. The number of ether oxygens (including phenoxy) is 1. The van der Waals surface area contributed by atoms with Crippen molar-refractivity contribution in [2.75, 3.05) is 13.7 Å². The van der Waals surface area contributed by atoms with Gasteiger partial charge in [0.25, 0.3) is 0 Å². The number of benzene rings is 1. The zero-order valence-corrected chi connectivity index (χ0v) is 12.2. The number of hydrogen-bond acceptors (Lipinski definition) is 2. The fourth-order valence-electron chi connectivity index (χ4n) is 2.22. The quantitative estimate of drug-likeness (QED) is 0.763. The van der Waals surface area contributed by atoms with Gasteiger partial charge in [0.15, 0.2) is 0 Å². The molecule has 0 aliphatic heterocycles. The summed E-state index contributed by atoms with van der Waals surface area (Å²) in [5, 5.41) is 3.58. The number of likely N-dealkylation sites (N-methyl/N-ethyl adjacent to an activating group) is 1. The number of rotatable bonds is 8. The van der Waals surface area contributed by atoms with Crippen LogP contribution in [0.5, 0.6) is 0 Å². The summed E-state index contributed by atoms with van der Waals surface area (Å²) in [6.45, 7) is 7.52. The number of nitrogens with one attached hydrogen (secondary N) is 1. The number of hydrogen-bond donors (Lipinski definition) is 1. The van der Waals surface area contributed by atoms with Gasteiger partial charge in [-0.05, 0) is 50.8 Å². The van der Waals surface area contributed by atoms with E-state index in [2.05, 4.69) is 50.4 Å². The summed E-state index contributed by atoms with van der Waals surface area (Å²) in [6.07, 6.45) is 3.73. The molecular weight excluding hydrogens is 222 g/mol. The number of aryl methyl sites for hydroxylation is 1. The highest BCUT2D eigenvalue weighted by molar-refractivity contribution is 5.26. The first kappa shape index (κ1) is 15.2. The molecule has 102 valence electrons. The Bertz CT molecular complexity index is 338. The topological polar surface area (TPSA) is 21.3 Å². The molecule has 0 aliphatic carbocycles. The van der Waals surface area contributed by atoms with Crippen LogP contribution >= 0.6 is 0 Å². The largest absolute Gasteiger partial charge is 0.382 e. The molecule has 1 aromatic rings. The van der Waals surface area contributed by atoms with Crippen LogP contribution in [0.2, 0.25) is 0 Å². The highest BCUT2D eigenvalue weighted by Crippen LogP contribution is 2.13. The second kappa shape index (κ2) is 8.28. The molecule has 2 unspecified atom stereocenters.